The zero-order valence-corrected chi connectivity index (χ0v) is 13.0. The second-order valence-corrected chi connectivity index (χ2v) is 5.67. The Hall–Kier alpha value is -1.04. The van der Waals surface area contributed by atoms with Gasteiger partial charge in [0.25, 0.3) is 0 Å². The molecule has 2 heterocycles. The van der Waals surface area contributed by atoms with E-state index in [4.69, 9.17) is 23.2 Å². The molecule has 0 radical (unpaired) electrons. The van der Waals surface area contributed by atoms with Crippen LogP contribution in [0, 0.1) is 6.92 Å². The van der Waals surface area contributed by atoms with Gasteiger partial charge in [0.1, 0.15) is 16.6 Å². The van der Waals surface area contributed by atoms with Gasteiger partial charge in [-0.2, -0.15) is 0 Å². The summed E-state index contributed by atoms with van der Waals surface area (Å²) in [7, 11) is 0. The lowest BCUT2D eigenvalue weighted by atomic mass is 10.4. The maximum Gasteiger partial charge on any atom is 0.147 e. The van der Waals surface area contributed by atoms with E-state index in [1.807, 2.05) is 19.2 Å². The van der Waals surface area contributed by atoms with Crippen molar-refractivity contribution < 1.29 is 0 Å². The average Bonchev–Trinajstić information content (AvgIpc) is 2.77. The Labute approximate surface area is 126 Å². The van der Waals surface area contributed by atoms with Crippen molar-refractivity contribution in [1.82, 2.24) is 9.97 Å². The minimum absolute atomic E-state index is 0.500. The van der Waals surface area contributed by atoms with Crippen LogP contribution in [0.15, 0.2) is 11.4 Å². The van der Waals surface area contributed by atoms with Crippen molar-refractivity contribution in [3.05, 3.63) is 32.2 Å². The van der Waals surface area contributed by atoms with Gasteiger partial charge in [0, 0.05) is 17.6 Å². The Morgan fingerprint density at radius 3 is 2.42 bits per heavy atom. The fourth-order valence-corrected chi connectivity index (χ4v) is 2.73. The van der Waals surface area contributed by atoms with Crippen molar-refractivity contribution in [2.45, 2.75) is 20.4 Å². The number of aromatic nitrogens is 2. The van der Waals surface area contributed by atoms with Crippen molar-refractivity contribution >= 4 is 46.2 Å². The van der Waals surface area contributed by atoms with Gasteiger partial charge in [-0.25, -0.2) is 9.97 Å². The standard InChI is InChI=1S/C12H14Cl2N4S/c1-3-15-11-8(13)4-9(14)12(18-11)16-5-10-17-7(2)6-19-10/h4,6H,3,5H2,1-2H3,(H2,15,16,18). The Bertz CT molecular complexity index is 571. The summed E-state index contributed by atoms with van der Waals surface area (Å²) in [6.07, 6.45) is 0. The van der Waals surface area contributed by atoms with Crippen molar-refractivity contribution in [3.8, 4) is 0 Å². The predicted molar refractivity (Wildman–Crippen MR) is 82.6 cm³/mol. The third-order valence-corrected chi connectivity index (χ3v) is 3.89. The van der Waals surface area contributed by atoms with Gasteiger partial charge in [0.05, 0.1) is 16.6 Å². The van der Waals surface area contributed by atoms with E-state index in [1.165, 1.54) is 0 Å². The lowest BCUT2D eigenvalue weighted by molar-refractivity contribution is 1.05. The van der Waals surface area contributed by atoms with E-state index in [0.29, 0.717) is 28.2 Å². The van der Waals surface area contributed by atoms with Crippen LogP contribution in [0.1, 0.15) is 17.6 Å². The van der Waals surface area contributed by atoms with Gasteiger partial charge in [-0.15, -0.1) is 11.3 Å². The molecule has 0 aliphatic rings. The van der Waals surface area contributed by atoms with Crippen molar-refractivity contribution in [1.29, 1.82) is 0 Å². The zero-order valence-electron chi connectivity index (χ0n) is 10.6. The molecular weight excluding hydrogens is 303 g/mol. The van der Waals surface area contributed by atoms with Gasteiger partial charge in [-0.05, 0) is 19.9 Å². The van der Waals surface area contributed by atoms with E-state index < -0.39 is 0 Å². The molecule has 2 aromatic rings. The molecule has 7 heteroatoms. The third kappa shape index (κ3) is 3.72. The number of hydrogen-bond donors (Lipinski definition) is 2. The average molecular weight is 317 g/mol. The lowest BCUT2D eigenvalue weighted by Crippen LogP contribution is -2.06. The Morgan fingerprint density at radius 1 is 1.16 bits per heavy atom. The minimum Gasteiger partial charge on any atom is -0.369 e. The molecule has 0 spiro atoms. The molecule has 0 aromatic carbocycles. The summed E-state index contributed by atoms with van der Waals surface area (Å²) < 4.78 is 0. The van der Waals surface area contributed by atoms with Crippen molar-refractivity contribution in [3.63, 3.8) is 0 Å². The molecular formula is C12H14Cl2N4S. The van der Waals surface area contributed by atoms with Crippen LogP contribution in [0.2, 0.25) is 10.0 Å². The quantitative estimate of drug-likeness (QED) is 0.868. The number of nitrogens with zero attached hydrogens (tertiary/aromatic N) is 2. The Balaban J connectivity index is 2.13. The highest BCUT2D eigenvalue weighted by molar-refractivity contribution is 7.09. The number of thiazole rings is 1. The molecule has 0 saturated carbocycles. The topological polar surface area (TPSA) is 49.8 Å². The second kappa shape index (κ2) is 6.41. The number of anilines is 2. The van der Waals surface area contributed by atoms with Crippen molar-refractivity contribution in [2.75, 3.05) is 17.2 Å². The van der Waals surface area contributed by atoms with E-state index in [9.17, 15) is 0 Å². The molecule has 0 bridgehead atoms. The maximum absolute atomic E-state index is 6.12. The summed E-state index contributed by atoms with van der Waals surface area (Å²) >= 11 is 13.8. The predicted octanol–water partition coefficient (Wildman–Crippen LogP) is 4.20. The molecule has 0 fully saturated rings. The molecule has 2 aromatic heterocycles. The monoisotopic (exact) mass is 316 g/mol. The molecule has 2 rings (SSSR count). The fourth-order valence-electron chi connectivity index (χ4n) is 1.53. The summed E-state index contributed by atoms with van der Waals surface area (Å²) in [5, 5.41) is 10.3. The van der Waals surface area contributed by atoms with Crippen LogP contribution in [0.3, 0.4) is 0 Å². The Kier molecular flexibility index (Phi) is 4.85. The van der Waals surface area contributed by atoms with Crippen LogP contribution in [-0.4, -0.2) is 16.5 Å². The number of halogens is 2. The largest absolute Gasteiger partial charge is 0.369 e. The molecule has 0 amide bonds. The molecule has 0 unspecified atom stereocenters. The summed E-state index contributed by atoms with van der Waals surface area (Å²) in [6, 6.07) is 1.68. The molecule has 102 valence electrons. The van der Waals surface area contributed by atoms with Gasteiger partial charge < -0.3 is 10.6 Å². The molecule has 4 nitrogen and oxygen atoms in total. The van der Waals surface area contributed by atoms with E-state index in [2.05, 4.69) is 20.6 Å². The molecule has 0 aliphatic carbocycles. The number of rotatable bonds is 5. The minimum atomic E-state index is 0.500. The van der Waals surface area contributed by atoms with Crippen LogP contribution < -0.4 is 10.6 Å². The molecule has 2 N–H and O–H groups in total. The third-order valence-electron chi connectivity index (χ3n) is 2.35. The summed E-state index contributed by atoms with van der Waals surface area (Å²) in [5.74, 6) is 1.24. The van der Waals surface area contributed by atoms with E-state index in [1.54, 1.807) is 17.4 Å². The van der Waals surface area contributed by atoms with Crippen LogP contribution >= 0.6 is 34.5 Å². The first-order chi connectivity index (χ1) is 9.10. The Morgan fingerprint density at radius 2 is 1.84 bits per heavy atom. The second-order valence-electron chi connectivity index (χ2n) is 3.92. The summed E-state index contributed by atoms with van der Waals surface area (Å²) in [6.45, 7) is 5.30. The highest BCUT2D eigenvalue weighted by Gasteiger charge is 2.09. The molecule has 19 heavy (non-hydrogen) atoms. The van der Waals surface area contributed by atoms with Crippen LogP contribution in [0.5, 0.6) is 0 Å². The summed E-state index contributed by atoms with van der Waals surface area (Å²) in [5.41, 5.74) is 1.02. The lowest BCUT2D eigenvalue weighted by Gasteiger charge is -2.10. The van der Waals surface area contributed by atoms with E-state index in [-0.39, 0.29) is 0 Å². The van der Waals surface area contributed by atoms with Crippen LogP contribution in [0.25, 0.3) is 0 Å². The number of hydrogen-bond acceptors (Lipinski definition) is 5. The summed E-state index contributed by atoms with van der Waals surface area (Å²) in [4.78, 5) is 8.75. The SMILES string of the molecule is CCNc1nc(NCc2nc(C)cs2)c(Cl)cc1Cl. The normalized spacial score (nSPS) is 10.5. The first-order valence-corrected chi connectivity index (χ1v) is 7.48. The van der Waals surface area contributed by atoms with Gasteiger partial charge in [0.15, 0.2) is 0 Å². The highest BCUT2D eigenvalue weighted by atomic mass is 35.5. The highest BCUT2D eigenvalue weighted by Crippen LogP contribution is 2.29. The van der Waals surface area contributed by atoms with Gasteiger partial charge in [-0.3, -0.25) is 0 Å². The van der Waals surface area contributed by atoms with Crippen LogP contribution in [0.4, 0.5) is 11.6 Å². The van der Waals surface area contributed by atoms with E-state index >= 15 is 0 Å². The zero-order chi connectivity index (χ0) is 13.8. The molecule has 0 aliphatic heterocycles. The van der Waals surface area contributed by atoms with Crippen LogP contribution in [-0.2, 0) is 6.54 Å². The fraction of sp³-hybridized carbons (Fsp3) is 0.333. The first kappa shape index (κ1) is 14.4. The van der Waals surface area contributed by atoms with Gasteiger partial charge in [0.2, 0.25) is 0 Å². The number of pyridine rings is 1. The molecule has 0 saturated heterocycles. The molecule has 0 atom stereocenters. The van der Waals surface area contributed by atoms with E-state index in [0.717, 1.165) is 17.2 Å². The number of nitrogens with one attached hydrogen (secondary N) is 2. The van der Waals surface area contributed by atoms with Gasteiger partial charge >= 0.3 is 0 Å². The number of aryl methyl sites for hydroxylation is 1. The van der Waals surface area contributed by atoms with Crippen molar-refractivity contribution in [2.24, 2.45) is 0 Å². The maximum atomic E-state index is 6.12. The smallest absolute Gasteiger partial charge is 0.147 e. The first-order valence-electron chi connectivity index (χ1n) is 5.85. The van der Waals surface area contributed by atoms with Gasteiger partial charge in [-0.1, -0.05) is 23.2 Å².